The number of aldehydes is 1. The predicted molar refractivity (Wildman–Crippen MR) is 142 cm³/mol. The smallest absolute Gasteiger partial charge is 0.262 e. The molecule has 5 rings (SSSR count). The van der Waals surface area contributed by atoms with Crippen molar-refractivity contribution < 1.29 is 24.3 Å². The third-order valence-corrected chi connectivity index (χ3v) is 8.36. The van der Waals surface area contributed by atoms with Gasteiger partial charge in [-0.2, -0.15) is 0 Å². The van der Waals surface area contributed by atoms with Gasteiger partial charge in [0.05, 0.1) is 6.04 Å². The number of aliphatic hydroxyl groups is 1. The summed E-state index contributed by atoms with van der Waals surface area (Å²) in [6.07, 6.45) is 7.15. The molecule has 2 aliphatic carbocycles. The average Bonchev–Trinajstić information content (AvgIpc) is 3.47. The van der Waals surface area contributed by atoms with Gasteiger partial charge >= 0.3 is 0 Å². The Morgan fingerprint density at radius 1 is 0.947 bits per heavy atom. The van der Waals surface area contributed by atoms with Crippen LogP contribution in [0.5, 0.6) is 0 Å². The van der Waals surface area contributed by atoms with Crippen LogP contribution < -0.4 is 16.0 Å². The number of benzene rings is 2. The zero-order chi connectivity index (χ0) is 26.7. The second-order valence-corrected chi connectivity index (χ2v) is 10.8. The van der Waals surface area contributed by atoms with Crippen molar-refractivity contribution in [1.29, 1.82) is 0 Å². The molecular weight excluding hydrogens is 482 g/mol. The molecule has 1 saturated heterocycles. The van der Waals surface area contributed by atoms with Crippen molar-refractivity contribution in [2.45, 2.75) is 69.1 Å². The van der Waals surface area contributed by atoms with E-state index < -0.39 is 29.5 Å². The molecule has 38 heavy (non-hydrogen) atoms. The molecule has 0 spiro atoms. The molecule has 2 aromatic carbocycles. The van der Waals surface area contributed by atoms with Gasteiger partial charge < -0.3 is 25.9 Å². The lowest BCUT2D eigenvalue weighted by Crippen LogP contribution is -2.55. The zero-order valence-corrected chi connectivity index (χ0v) is 21.4. The molecular formula is C30H35N3O5. The number of amides is 3. The molecule has 3 aliphatic rings. The number of nitrogens with one attached hydrogen (secondary N) is 3. The van der Waals surface area contributed by atoms with Crippen molar-refractivity contribution >= 4 is 24.0 Å². The predicted octanol–water partition coefficient (Wildman–Crippen LogP) is 2.57. The summed E-state index contributed by atoms with van der Waals surface area (Å²) in [6, 6.07) is 12.8. The molecule has 200 valence electrons. The van der Waals surface area contributed by atoms with Crippen LogP contribution in [0.3, 0.4) is 0 Å². The molecule has 8 heteroatoms. The van der Waals surface area contributed by atoms with E-state index in [1.54, 1.807) is 24.3 Å². The Hall–Kier alpha value is -3.52. The van der Waals surface area contributed by atoms with Crippen molar-refractivity contribution in [3.05, 3.63) is 59.7 Å². The lowest BCUT2D eigenvalue weighted by Gasteiger charge is -2.31. The Morgan fingerprint density at radius 3 is 2.16 bits per heavy atom. The minimum atomic E-state index is -1.94. The second-order valence-electron chi connectivity index (χ2n) is 10.8. The molecule has 0 unspecified atom stereocenters. The fourth-order valence-corrected chi connectivity index (χ4v) is 6.32. The van der Waals surface area contributed by atoms with Crippen molar-refractivity contribution in [3.8, 4) is 11.1 Å². The van der Waals surface area contributed by atoms with Gasteiger partial charge in [-0.05, 0) is 36.3 Å². The van der Waals surface area contributed by atoms with Gasteiger partial charge in [0, 0.05) is 23.6 Å². The van der Waals surface area contributed by atoms with Crippen LogP contribution in [0.4, 0.5) is 0 Å². The van der Waals surface area contributed by atoms with E-state index in [1.807, 2.05) is 24.3 Å². The highest BCUT2D eigenvalue weighted by Gasteiger charge is 2.48. The summed E-state index contributed by atoms with van der Waals surface area (Å²) in [7, 11) is 0. The number of carbonyl (C=O) groups is 4. The maximum absolute atomic E-state index is 13.9. The Morgan fingerprint density at radius 2 is 1.58 bits per heavy atom. The van der Waals surface area contributed by atoms with Gasteiger partial charge in [-0.15, -0.1) is 0 Å². The lowest BCUT2D eigenvalue weighted by molar-refractivity contribution is -0.140. The van der Waals surface area contributed by atoms with E-state index in [0.29, 0.717) is 36.8 Å². The molecule has 0 bridgehead atoms. The van der Waals surface area contributed by atoms with E-state index >= 15 is 0 Å². The summed E-state index contributed by atoms with van der Waals surface area (Å²) in [5, 5.41) is 20.3. The van der Waals surface area contributed by atoms with Gasteiger partial charge in [0.25, 0.3) is 5.91 Å². The summed E-state index contributed by atoms with van der Waals surface area (Å²) < 4.78 is 0. The van der Waals surface area contributed by atoms with E-state index in [1.165, 1.54) is 0 Å². The minimum Gasteiger partial charge on any atom is -0.372 e. The maximum atomic E-state index is 13.9. The second kappa shape index (κ2) is 11.1. The summed E-state index contributed by atoms with van der Waals surface area (Å²) >= 11 is 0. The minimum absolute atomic E-state index is 0.112. The molecule has 2 fully saturated rings. The SMILES string of the molecule is O=C[C@H](C[C@@H]1CCNC1=O)NC(=O)[C@H](CC1CCCCC1)NC(=O)C1(O)c2ccccc2-c2ccccc21. The van der Waals surface area contributed by atoms with E-state index in [-0.39, 0.29) is 24.2 Å². The van der Waals surface area contributed by atoms with Crippen molar-refractivity contribution in [1.82, 2.24) is 16.0 Å². The molecule has 1 heterocycles. The Kier molecular flexibility index (Phi) is 7.61. The van der Waals surface area contributed by atoms with Crippen LogP contribution in [-0.2, 0) is 24.8 Å². The van der Waals surface area contributed by atoms with Gasteiger partial charge in [0.15, 0.2) is 5.60 Å². The normalized spacial score (nSPS) is 21.5. The van der Waals surface area contributed by atoms with Crippen molar-refractivity contribution in [2.24, 2.45) is 11.8 Å². The van der Waals surface area contributed by atoms with Crippen LogP contribution >= 0.6 is 0 Å². The largest absolute Gasteiger partial charge is 0.372 e. The third kappa shape index (κ3) is 4.97. The summed E-state index contributed by atoms with van der Waals surface area (Å²) in [5.74, 6) is -1.32. The van der Waals surface area contributed by atoms with Crippen LogP contribution in [0.25, 0.3) is 11.1 Å². The van der Waals surface area contributed by atoms with Crippen LogP contribution in [0.1, 0.15) is 62.5 Å². The van der Waals surface area contributed by atoms with Crippen molar-refractivity contribution in [3.63, 3.8) is 0 Å². The van der Waals surface area contributed by atoms with Crippen LogP contribution in [-0.4, -0.2) is 47.7 Å². The summed E-state index contributed by atoms with van der Waals surface area (Å²) in [6.45, 7) is 0.560. The first-order valence-electron chi connectivity index (χ1n) is 13.7. The first-order chi connectivity index (χ1) is 18.4. The number of carbonyl (C=O) groups excluding carboxylic acids is 4. The molecule has 3 atom stereocenters. The van der Waals surface area contributed by atoms with Crippen LogP contribution in [0.15, 0.2) is 48.5 Å². The maximum Gasteiger partial charge on any atom is 0.262 e. The number of fused-ring (bicyclic) bond motifs is 3. The van der Waals surface area contributed by atoms with E-state index in [4.69, 9.17) is 0 Å². The highest BCUT2D eigenvalue weighted by Crippen LogP contribution is 2.47. The Balaban J connectivity index is 1.38. The molecule has 2 aromatic rings. The quantitative estimate of drug-likeness (QED) is 0.381. The first-order valence-corrected chi connectivity index (χ1v) is 13.7. The molecule has 1 aliphatic heterocycles. The van der Waals surface area contributed by atoms with E-state index in [2.05, 4.69) is 16.0 Å². The number of hydrogen-bond acceptors (Lipinski definition) is 5. The van der Waals surface area contributed by atoms with Gasteiger partial charge in [-0.25, -0.2) is 0 Å². The summed E-state index contributed by atoms with van der Waals surface area (Å²) in [4.78, 5) is 51.2. The lowest BCUT2D eigenvalue weighted by atomic mass is 9.84. The molecule has 0 aromatic heterocycles. The Bertz CT molecular complexity index is 1180. The van der Waals surface area contributed by atoms with Crippen LogP contribution in [0.2, 0.25) is 0 Å². The monoisotopic (exact) mass is 517 g/mol. The topological polar surface area (TPSA) is 125 Å². The van der Waals surface area contributed by atoms with E-state index in [9.17, 15) is 24.3 Å². The molecule has 1 saturated carbocycles. The highest BCUT2D eigenvalue weighted by molar-refractivity contribution is 6.00. The fraction of sp³-hybridized carbons (Fsp3) is 0.467. The zero-order valence-electron chi connectivity index (χ0n) is 21.4. The fourth-order valence-electron chi connectivity index (χ4n) is 6.32. The van der Waals surface area contributed by atoms with Crippen molar-refractivity contribution in [2.75, 3.05) is 6.54 Å². The van der Waals surface area contributed by atoms with E-state index in [0.717, 1.165) is 43.2 Å². The van der Waals surface area contributed by atoms with Gasteiger partial charge in [-0.1, -0.05) is 80.6 Å². The summed E-state index contributed by atoms with van der Waals surface area (Å²) in [5.41, 5.74) is 0.585. The van der Waals surface area contributed by atoms with Gasteiger partial charge in [0.2, 0.25) is 11.8 Å². The standard InChI is InChI=1S/C30H35N3O5/c34-18-21(17-20-14-15-31-27(20)35)32-28(36)26(16-19-8-2-1-3-9-19)33-29(37)30(38)24-12-6-4-10-22(24)23-11-5-7-13-25(23)30/h4-7,10-13,18-21,26,38H,1-3,8-9,14-17H2,(H,31,35)(H,32,36)(H,33,37)/t20-,21-,26-/m0/s1. The Labute approximate surface area is 222 Å². The number of rotatable bonds is 9. The molecule has 4 N–H and O–H groups in total. The highest BCUT2D eigenvalue weighted by atomic mass is 16.3. The van der Waals surface area contributed by atoms with Gasteiger partial charge in [0.1, 0.15) is 12.3 Å². The molecule has 3 amide bonds. The first kappa shape index (κ1) is 26.1. The number of hydrogen-bond donors (Lipinski definition) is 4. The van der Waals surface area contributed by atoms with Gasteiger partial charge in [-0.3, -0.25) is 14.4 Å². The third-order valence-electron chi connectivity index (χ3n) is 8.36. The van der Waals surface area contributed by atoms with Crippen LogP contribution in [0, 0.1) is 11.8 Å². The molecule has 8 nitrogen and oxygen atoms in total. The molecule has 0 radical (unpaired) electrons. The average molecular weight is 518 g/mol.